The molecule has 1 heterocycles. The highest BCUT2D eigenvalue weighted by Gasteiger charge is 2.16. The van der Waals surface area contributed by atoms with Crippen LogP contribution in [0.25, 0.3) is 5.69 Å². The summed E-state index contributed by atoms with van der Waals surface area (Å²) >= 11 is 0. The first-order valence-electron chi connectivity index (χ1n) is 7.39. The van der Waals surface area contributed by atoms with Crippen molar-refractivity contribution in [3.8, 4) is 5.69 Å². The van der Waals surface area contributed by atoms with Gasteiger partial charge in [-0.3, -0.25) is 4.79 Å². The molecule has 0 fully saturated rings. The SMILES string of the molecule is COC(=O)c1cnn(-c2ccc(C(=O)NCCN(C)C)cc2)c1N. The molecule has 0 spiro atoms. The Bertz CT molecular complexity index is 722. The van der Waals surface area contributed by atoms with Gasteiger partial charge in [-0.2, -0.15) is 5.10 Å². The van der Waals surface area contributed by atoms with Gasteiger partial charge in [0, 0.05) is 18.7 Å². The summed E-state index contributed by atoms with van der Waals surface area (Å²) in [6.07, 6.45) is 1.35. The Morgan fingerprint density at radius 3 is 2.54 bits per heavy atom. The van der Waals surface area contributed by atoms with E-state index < -0.39 is 5.97 Å². The molecular weight excluding hydrogens is 310 g/mol. The van der Waals surface area contributed by atoms with Gasteiger partial charge < -0.3 is 20.7 Å². The van der Waals surface area contributed by atoms with Crippen molar-refractivity contribution in [1.82, 2.24) is 20.0 Å². The maximum absolute atomic E-state index is 12.0. The fourth-order valence-electron chi connectivity index (χ4n) is 2.08. The van der Waals surface area contributed by atoms with Crippen molar-refractivity contribution in [2.75, 3.05) is 40.0 Å². The molecule has 128 valence electrons. The van der Waals surface area contributed by atoms with E-state index in [1.807, 2.05) is 19.0 Å². The summed E-state index contributed by atoms with van der Waals surface area (Å²) in [5, 5.41) is 6.92. The van der Waals surface area contributed by atoms with Crippen LogP contribution in [0.4, 0.5) is 5.82 Å². The highest BCUT2D eigenvalue weighted by Crippen LogP contribution is 2.18. The third-order valence-corrected chi connectivity index (χ3v) is 3.43. The van der Waals surface area contributed by atoms with E-state index >= 15 is 0 Å². The number of carbonyl (C=O) groups is 2. The van der Waals surface area contributed by atoms with Gasteiger partial charge in [0.05, 0.1) is 19.0 Å². The number of amides is 1. The van der Waals surface area contributed by atoms with Crippen LogP contribution in [0.15, 0.2) is 30.5 Å². The second-order valence-electron chi connectivity index (χ2n) is 5.45. The molecule has 1 aromatic heterocycles. The molecule has 0 aliphatic rings. The summed E-state index contributed by atoms with van der Waals surface area (Å²) in [5.74, 6) is -0.507. The van der Waals surface area contributed by atoms with E-state index in [9.17, 15) is 9.59 Å². The number of nitrogens with one attached hydrogen (secondary N) is 1. The van der Waals surface area contributed by atoms with Gasteiger partial charge in [0.1, 0.15) is 11.4 Å². The fourth-order valence-corrected chi connectivity index (χ4v) is 2.08. The molecule has 0 bridgehead atoms. The van der Waals surface area contributed by atoms with Crippen LogP contribution in [0, 0.1) is 0 Å². The number of hydrogen-bond donors (Lipinski definition) is 2. The Balaban J connectivity index is 2.11. The number of hydrogen-bond acceptors (Lipinski definition) is 6. The van der Waals surface area contributed by atoms with Crippen LogP contribution in [0.3, 0.4) is 0 Å². The van der Waals surface area contributed by atoms with Crippen LogP contribution in [-0.4, -0.2) is 60.9 Å². The van der Waals surface area contributed by atoms with Gasteiger partial charge >= 0.3 is 5.97 Å². The van der Waals surface area contributed by atoms with E-state index in [1.165, 1.54) is 18.0 Å². The smallest absolute Gasteiger partial charge is 0.343 e. The monoisotopic (exact) mass is 331 g/mol. The van der Waals surface area contributed by atoms with E-state index in [0.29, 0.717) is 17.8 Å². The van der Waals surface area contributed by atoms with Gasteiger partial charge in [-0.25, -0.2) is 9.48 Å². The lowest BCUT2D eigenvalue weighted by Crippen LogP contribution is -2.31. The van der Waals surface area contributed by atoms with Crippen molar-refractivity contribution in [2.45, 2.75) is 0 Å². The second-order valence-corrected chi connectivity index (χ2v) is 5.45. The number of esters is 1. The van der Waals surface area contributed by atoms with Crippen LogP contribution in [0.2, 0.25) is 0 Å². The van der Waals surface area contributed by atoms with Crippen molar-refractivity contribution in [2.24, 2.45) is 0 Å². The van der Waals surface area contributed by atoms with Crippen molar-refractivity contribution >= 4 is 17.7 Å². The Kier molecular flexibility index (Phi) is 5.54. The number of aromatic nitrogens is 2. The van der Waals surface area contributed by atoms with Crippen LogP contribution < -0.4 is 11.1 Å². The van der Waals surface area contributed by atoms with E-state index in [1.54, 1.807) is 24.3 Å². The minimum absolute atomic E-state index is 0.146. The average Bonchev–Trinajstić information content (AvgIpc) is 2.95. The molecule has 0 saturated heterocycles. The standard InChI is InChI=1S/C16H21N5O3/c1-20(2)9-8-18-15(22)11-4-6-12(7-5-11)21-14(17)13(10-19-21)16(23)24-3/h4-7,10H,8-9,17H2,1-3H3,(H,18,22). The quantitative estimate of drug-likeness (QED) is 0.749. The molecular formula is C16H21N5O3. The van der Waals surface area contributed by atoms with Gasteiger partial charge in [-0.15, -0.1) is 0 Å². The molecule has 0 unspecified atom stereocenters. The summed E-state index contributed by atoms with van der Waals surface area (Å²) in [7, 11) is 5.17. The predicted molar refractivity (Wildman–Crippen MR) is 90.2 cm³/mol. The molecule has 0 atom stereocenters. The molecule has 0 aliphatic carbocycles. The lowest BCUT2D eigenvalue weighted by atomic mass is 10.2. The average molecular weight is 331 g/mol. The van der Waals surface area contributed by atoms with Gasteiger partial charge in [-0.1, -0.05) is 0 Å². The zero-order valence-corrected chi connectivity index (χ0v) is 13.9. The van der Waals surface area contributed by atoms with E-state index in [2.05, 4.69) is 15.2 Å². The number of likely N-dealkylation sites (N-methyl/N-ethyl adjacent to an activating group) is 1. The summed E-state index contributed by atoms with van der Waals surface area (Å²) in [6, 6.07) is 6.79. The highest BCUT2D eigenvalue weighted by molar-refractivity contribution is 5.95. The number of ether oxygens (including phenoxy) is 1. The molecule has 0 saturated carbocycles. The Morgan fingerprint density at radius 2 is 1.96 bits per heavy atom. The zero-order chi connectivity index (χ0) is 17.7. The minimum atomic E-state index is -0.546. The molecule has 2 rings (SSSR count). The van der Waals surface area contributed by atoms with Crippen LogP contribution in [0.1, 0.15) is 20.7 Å². The number of anilines is 1. The third kappa shape index (κ3) is 3.90. The van der Waals surface area contributed by atoms with Gasteiger partial charge in [0.15, 0.2) is 0 Å². The molecule has 8 nitrogen and oxygen atoms in total. The van der Waals surface area contributed by atoms with Crippen molar-refractivity contribution in [1.29, 1.82) is 0 Å². The van der Waals surface area contributed by atoms with Gasteiger partial charge in [0.2, 0.25) is 0 Å². The summed E-state index contributed by atoms with van der Waals surface area (Å²) in [6.45, 7) is 1.34. The molecule has 0 radical (unpaired) electrons. The first-order valence-corrected chi connectivity index (χ1v) is 7.39. The van der Waals surface area contributed by atoms with E-state index in [-0.39, 0.29) is 17.3 Å². The van der Waals surface area contributed by atoms with E-state index in [0.717, 1.165) is 6.54 Å². The van der Waals surface area contributed by atoms with Gasteiger partial charge in [0.25, 0.3) is 5.91 Å². The molecule has 0 aliphatic heterocycles. The van der Waals surface area contributed by atoms with Gasteiger partial charge in [-0.05, 0) is 38.4 Å². The molecule has 8 heteroatoms. The second kappa shape index (κ2) is 7.60. The highest BCUT2D eigenvalue weighted by atomic mass is 16.5. The predicted octanol–water partition coefficient (Wildman–Crippen LogP) is 0.532. The van der Waals surface area contributed by atoms with Crippen LogP contribution in [-0.2, 0) is 4.74 Å². The first-order chi connectivity index (χ1) is 11.4. The molecule has 2 aromatic rings. The summed E-state index contributed by atoms with van der Waals surface area (Å²) in [4.78, 5) is 25.6. The first kappa shape index (κ1) is 17.5. The number of nitrogen functional groups attached to an aromatic ring is 1. The van der Waals surface area contributed by atoms with Crippen molar-refractivity contribution in [3.05, 3.63) is 41.6 Å². The number of carbonyl (C=O) groups excluding carboxylic acids is 2. The third-order valence-electron chi connectivity index (χ3n) is 3.43. The normalized spacial score (nSPS) is 10.7. The lowest BCUT2D eigenvalue weighted by Gasteiger charge is -2.11. The molecule has 3 N–H and O–H groups in total. The fraction of sp³-hybridized carbons (Fsp3) is 0.312. The lowest BCUT2D eigenvalue weighted by molar-refractivity contribution is 0.0601. The number of benzene rings is 1. The number of nitrogens with two attached hydrogens (primary N) is 1. The minimum Gasteiger partial charge on any atom is -0.465 e. The maximum Gasteiger partial charge on any atom is 0.343 e. The topological polar surface area (TPSA) is 102 Å². The summed E-state index contributed by atoms with van der Waals surface area (Å²) in [5.41, 5.74) is 7.30. The molecule has 1 amide bonds. The summed E-state index contributed by atoms with van der Waals surface area (Å²) < 4.78 is 6.06. The zero-order valence-electron chi connectivity index (χ0n) is 13.9. The Labute approximate surface area is 140 Å². The van der Waals surface area contributed by atoms with Crippen LogP contribution in [0.5, 0.6) is 0 Å². The van der Waals surface area contributed by atoms with Crippen molar-refractivity contribution < 1.29 is 14.3 Å². The van der Waals surface area contributed by atoms with Crippen LogP contribution >= 0.6 is 0 Å². The maximum atomic E-state index is 12.0. The Hall–Kier alpha value is -2.87. The number of nitrogens with zero attached hydrogens (tertiary/aromatic N) is 3. The largest absolute Gasteiger partial charge is 0.465 e. The molecule has 24 heavy (non-hydrogen) atoms. The molecule has 1 aromatic carbocycles. The number of rotatable bonds is 6. The Morgan fingerprint density at radius 1 is 1.29 bits per heavy atom. The van der Waals surface area contributed by atoms with Crippen molar-refractivity contribution in [3.63, 3.8) is 0 Å². The van der Waals surface area contributed by atoms with E-state index in [4.69, 9.17) is 5.73 Å². The number of methoxy groups -OCH3 is 1.